The number of anilines is 1. The summed E-state index contributed by atoms with van der Waals surface area (Å²) in [7, 11) is 7.81. The van der Waals surface area contributed by atoms with Crippen LogP contribution >= 0.6 is 0 Å². The van der Waals surface area contributed by atoms with E-state index in [1.807, 2.05) is 23.9 Å². The summed E-state index contributed by atoms with van der Waals surface area (Å²) in [6.07, 6.45) is 3.67. The summed E-state index contributed by atoms with van der Waals surface area (Å²) >= 11 is 0. The normalized spacial score (nSPS) is 10.8. The smallest absolute Gasteiger partial charge is 0.141 e. The molecule has 0 fully saturated rings. The van der Waals surface area contributed by atoms with Gasteiger partial charge < -0.3 is 19.5 Å². The standard InChI is InChI=1S/C15H22N4O/c1-18(2)10-12-5-6-15(20-4)14(7-12)17-9-13-8-16-11-19(13)3/h5-8,11,17H,9-10H2,1-4H3. The second kappa shape index (κ2) is 6.43. The number of nitrogens with one attached hydrogen (secondary N) is 1. The number of hydrogen-bond donors (Lipinski definition) is 1. The lowest BCUT2D eigenvalue weighted by Crippen LogP contribution is -2.11. The Morgan fingerprint density at radius 3 is 2.75 bits per heavy atom. The minimum absolute atomic E-state index is 0.721. The molecular weight excluding hydrogens is 252 g/mol. The summed E-state index contributed by atoms with van der Waals surface area (Å²) in [6, 6.07) is 6.23. The highest BCUT2D eigenvalue weighted by Gasteiger charge is 2.06. The Morgan fingerprint density at radius 2 is 2.15 bits per heavy atom. The van der Waals surface area contributed by atoms with Crippen LogP contribution < -0.4 is 10.1 Å². The van der Waals surface area contributed by atoms with E-state index in [1.54, 1.807) is 13.4 Å². The van der Waals surface area contributed by atoms with Gasteiger partial charge in [0.2, 0.25) is 0 Å². The van der Waals surface area contributed by atoms with Crippen molar-refractivity contribution >= 4 is 5.69 Å². The molecule has 2 rings (SSSR count). The van der Waals surface area contributed by atoms with Crippen molar-refractivity contribution in [2.75, 3.05) is 26.5 Å². The molecule has 0 amide bonds. The predicted octanol–water partition coefficient (Wildman–Crippen LogP) is 2.10. The van der Waals surface area contributed by atoms with Crippen LogP contribution in [-0.2, 0) is 20.1 Å². The van der Waals surface area contributed by atoms with Crippen molar-refractivity contribution in [2.45, 2.75) is 13.1 Å². The summed E-state index contributed by atoms with van der Waals surface area (Å²) in [6.45, 7) is 1.63. The van der Waals surface area contributed by atoms with E-state index < -0.39 is 0 Å². The van der Waals surface area contributed by atoms with Gasteiger partial charge in [-0.25, -0.2) is 4.98 Å². The van der Waals surface area contributed by atoms with Gasteiger partial charge in [-0.2, -0.15) is 0 Å². The van der Waals surface area contributed by atoms with Gasteiger partial charge in [-0.05, 0) is 31.8 Å². The molecular formula is C15H22N4O. The molecule has 0 aliphatic carbocycles. The van der Waals surface area contributed by atoms with Crippen molar-refractivity contribution in [1.29, 1.82) is 0 Å². The summed E-state index contributed by atoms with van der Waals surface area (Å²) in [5, 5.41) is 3.42. The number of imidazole rings is 1. The number of rotatable bonds is 6. The van der Waals surface area contributed by atoms with Crippen molar-refractivity contribution in [3.63, 3.8) is 0 Å². The average Bonchev–Trinajstić information content (AvgIpc) is 2.81. The van der Waals surface area contributed by atoms with Gasteiger partial charge in [0, 0.05) is 19.8 Å². The number of hydrogen-bond acceptors (Lipinski definition) is 4. The van der Waals surface area contributed by atoms with Crippen LogP contribution in [0.25, 0.3) is 0 Å². The number of aromatic nitrogens is 2. The molecule has 2 aromatic rings. The second-order valence-corrected chi connectivity index (χ2v) is 5.12. The zero-order chi connectivity index (χ0) is 14.5. The van der Waals surface area contributed by atoms with Gasteiger partial charge in [0.05, 0.1) is 31.4 Å². The van der Waals surface area contributed by atoms with E-state index >= 15 is 0 Å². The Labute approximate surface area is 120 Å². The summed E-state index contributed by atoms with van der Waals surface area (Å²) < 4.78 is 7.41. The number of nitrogens with zero attached hydrogens (tertiary/aromatic N) is 3. The summed E-state index contributed by atoms with van der Waals surface area (Å²) in [4.78, 5) is 6.26. The average molecular weight is 274 g/mol. The highest BCUT2D eigenvalue weighted by molar-refractivity contribution is 5.58. The molecule has 0 unspecified atom stereocenters. The quantitative estimate of drug-likeness (QED) is 0.876. The fraction of sp³-hybridized carbons (Fsp3) is 0.400. The van der Waals surface area contributed by atoms with Gasteiger partial charge in [-0.15, -0.1) is 0 Å². The first kappa shape index (κ1) is 14.4. The van der Waals surface area contributed by atoms with E-state index in [-0.39, 0.29) is 0 Å². The molecule has 5 nitrogen and oxygen atoms in total. The highest BCUT2D eigenvalue weighted by Crippen LogP contribution is 2.26. The van der Waals surface area contributed by atoms with Gasteiger partial charge in [0.25, 0.3) is 0 Å². The number of methoxy groups -OCH3 is 1. The predicted molar refractivity (Wildman–Crippen MR) is 80.9 cm³/mol. The van der Waals surface area contributed by atoms with Crippen LogP contribution in [0.15, 0.2) is 30.7 Å². The van der Waals surface area contributed by atoms with Gasteiger partial charge in [-0.3, -0.25) is 0 Å². The molecule has 0 aliphatic rings. The first-order chi connectivity index (χ1) is 9.60. The summed E-state index contributed by atoms with van der Waals surface area (Å²) in [5.74, 6) is 0.856. The maximum absolute atomic E-state index is 5.41. The minimum Gasteiger partial charge on any atom is -0.495 e. The van der Waals surface area contributed by atoms with Gasteiger partial charge in [0.1, 0.15) is 5.75 Å². The third-order valence-electron chi connectivity index (χ3n) is 3.14. The van der Waals surface area contributed by atoms with Crippen molar-refractivity contribution in [3.05, 3.63) is 42.0 Å². The Kier molecular flexibility index (Phi) is 4.63. The molecule has 0 saturated carbocycles. The van der Waals surface area contributed by atoms with Crippen molar-refractivity contribution in [1.82, 2.24) is 14.5 Å². The monoisotopic (exact) mass is 274 g/mol. The van der Waals surface area contributed by atoms with Gasteiger partial charge in [-0.1, -0.05) is 6.07 Å². The largest absolute Gasteiger partial charge is 0.495 e. The Hall–Kier alpha value is -2.01. The third kappa shape index (κ3) is 3.51. The third-order valence-corrected chi connectivity index (χ3v) is 3.14. The van der Waals surface area contributed by atoms with E-state index in [0.29, 0.717) is 0 Å². The van der Waals surface area contributed by atoms with Crippen LogP contribution in [0.4, 0.5) is 5.69 Å². The molecule has 108 valence electrons. The molecule has 0 saturated heterocycles. The van der Waals surface area contributed by atoms with Crippen LogP contribution in [0.1, 0.15) is 11.3 Å². The molecule has 0 radical (unpaired) electrons. The molecule has 0 atom stereocenters. The van der Waals surface area contributed by atoms with Crippen LogP contribution in [-0.4, -0.2) is 35.7 Å². The molecule has 1 N–H and O–H groups in total. The van der Waals surface area contributed by atoms with Crippen LogP contribution in [0.5, 0.6) is 5.75 Å². The Morgan fingerprint density at radius 1 is 1.35 bits per heavy atom. The molecule has 20 heavy (non-hydrogen) atoms. The van der Waals surface area contributed by atoms with Crippen LogP contribution in [0, 0.1) is 0 Å². The zero-order valence-electron chi connectivity index (χ0n) is 12.6. The van der Waals surface area contributed by atoms with E-state index in [0.717, 1.165) is 30.2 Å². The van der Waals surface area contributed by atoms with E-state index in [2.05, 4.69) is 41.4 Å². The number of benzene rings is 1. The Bertz CT molecular complexity index is 563. The van der Waals surface area contributed by atoms with Gasteiger partial charge in [0.15, 0.2) is 0 Å². The lowest BCUT2D eigenvalue weighted by molar-refractivity contribution is 0.400. The fourth-order valence-corrected chi connectivity index (χ4v) is 2.10. The van der Waals surface area contributed by atoms with Crippen molar-refractivity contribution in [2.24, 2.45) is 7.05 Å². The van der Waals surface area contributed by atoms with Crippen molar-refractivity contribution in [3.8, 4) is 5.75 Å². The van der Waals surface area contributed by atoms with Gasteiger partial charge >= 0.3 is 0 Å². The minimum atomic E-state index is 0.721. The molecule has 1 aromatic carbocycles. The topological polar surface area (TPSA) is 42.3 Å². The SMILES string of the molecule is COc1ccc(CN(C)C)cc1NCc1cncn1C. The lowest BCUT2D eigenvalue weighted by atomic mass is 10.1. The number of aryl methyl sites for hydroxylation is 1. The molecule has 1 aromatic heterocycles. The maximum Gasteiger partial charge on any atom is 0.141 e. The molecule has 5 heteroatoms. The van der Waals surface area contributed by atoms with E-state index in [1.165, 1.54) is 5.56 Å². The fourth-order valence-electron chi connectivity index (χ4n) is 2.10. The Balaban J connectivity index is 2.13. The van der Waals surface area contributed by atoms with E-state index in [4.69, 9.17) is 4.74 Å². The lowest BCUT2D eigenvalue weighted by Gasteiger charge is -2.15. The molecule has 0 spiro atoms. The first-order valence-corrected chi connectivity index (χ1v) is 6.61. The zero-order valence-corrected chi connectivity index (χ0v) is 12.6. The highest BCUT2D eigenvalue weighted by atomic mass is 16.5. The van der Waals surface area contributed by atoms with Crippen molar-refractivity contribution < 1.29 is 4.74 Å². The second-order valence-electron chi connectivity index (χ2n) is 5.12. The molecule has 1 heterocycles. The maximum atomic E-state index is 5.41. The first-order valence-electron chi connectivity index (χ1n) is 6.61. The molecule has 0 bridgehead atoms. The summed E-state index contributed by atoms with van der Waals surface area (Å²) in [5.41, 5.74) is 3.39. The van der Waals surface area contributed by atoms with Crippen LogP contribution in [0.3, 0.4) is 0 Å². The number of ether oxygens (including phenoxy) is 1. The molecule has 0 aliphatic heterocycles. The van der Waals surface area contributed by atoms with Crippen LogP contribution in [0.2, 0.25) is 0 Å². The van der Waals surface area contributed by atoms with E-state index in [9.17, 15) is 0 Å².